The molecule has 2 heterocycles. The van der Waals surface area contributed by atoms with Gasteiger partial charge in [0, 0.05) is 27.5 Å². The van der Waals surface area contributed by atoms with Crippen LogP contribution < -0.4 is 0 Å². The van der Waals surface area contributed by atoms with E-state index in [0.717, 1.165) is 77.6 Å². The summed E-state index contributed by atoms with van der Waals surface area (Å²) in [6.07, 6.45) is 0. The van der Waals surface area contributed by atoms with E-state index in [1.807, 2.05) is 91.0 Å². The van der Waals surface area contributed by atoms with Crippen LogP contribution in [0.1, 0.15) is 5.56 Å². The predicted molar refractivity (Wildman–Crippen MR) is 230 cm³/mol. The SMILES string of the molecule is N#Cc1cccc(-c2cccc(-c3nc(-c4cccc(-c5ccccc5)c4)nc(-c4ccc5c(c4)oc4cccc(-c6cccc(-c7ccccc7)c6)c45)n3)c2)c1. The smallest absolute Gasteiger partial charge is 0.164 e. The third-order valence-corrected chi connectivity index (χ3v) is 10.3. The molecule has 0 aliphatic rings. The van der Waals surface area contributed by atoms with Crippen LogP contribution in [-0.4, -0.2) is 15.0 Å². The van der Waals surface area contributed by atoms with Crippen LogP contribution in [0.15, 0.2) is 199 Å². The van der Waals surface area contributed by atoms with Crippen molar-refractivity contribution >= 4 is 21.9 Å². The molecule has 10 rings (SSSR count). The molecule has 0 saturated carbocycles. The third kappa shape index (κ3) is 6.52. The lowest BCUT2D eigenvalue weighted by Crippen LogP contribution is -2.00. The van der Waals surface area contributed by atoms with Crippen LogP contribution in [0.5, 0.6) is 0 Å². The average molecular weight is 729 g/mol. The molecular formula is C52H32N4O. The van der Waals surface area contributed by atoms with Gasteiger partial charge < -0.3 is 4.42 Å². The molecular weight excluding hydrogens is 697 g/mol. The van der Waals surface area contributed by atoms with E-state index in [0.29, 0.717) is 23.0 Å². The number of fused-ring (bicyclic) bond motifs is 3. The van der Waals surface area contributed by atoms with Crippen LogP contribution in [0, 0.1) is 11.3 Å². The molecule has 266 valence electrons. The van der Waals surface area contributed by atoms with Gasteiger partial charge in [0.05, 0.1) is 11.6 Å². The van der Waals surface area contributed by atoms with Gasteiger partial charge in [0.2, 0.25) is 0 Å². The number of hydrogen-bond acceptors (Lipinski definition) is 5. The van der Waals surface area contributed by atoms with E-state index in [1.165, 1.54) is 5.56 Å². The molecule has 10 aromatic rings. The summed E-state index contributed by atoms with van der Waals surface area (Å²) < 4.78 is 6.58. The number of furan rings is 1. The predicted octanol–water partition coefficient (Wildman–Crippen LogP) is 13.3. The number of hydrogen-bond donors (Lipinski definition) is 0. The van der Waals surface area contributed by atoms with Crippen molar-refractivity contribution in [1.29, 1.82) is 5.26 Å². The minimum atomic E-state index is 0.537. The van der Waals surface area contributed by atoms with Crippen molar-refractivity contribution in [3.05, 3.63) is 200 Å². The summed E-state index contributed by atoms with van der Waals surface area (Å²) in [5.41, 5.74) is 13.4. The lowest BCUT2D eigenvalue weighted by molar-refractivity contribution is 0.669. The summed E-state index contributed by atoms with van der Waals surface area (Å²) >= 11 is 0. The molecule has 5 heteroatoms. The highest BCUT2D eigenvalue weighted by atomic mass is 16.3. The molecule has 5 nitrogen and oxygen atoms in total. The van der Waals surface area contributed by atoms with Crippen molar-refractivity contribution in [1.82, 2.24) is 15.0 Å². The number of nitrogens with zero attached hydrogens (tertiary/aromatic N) is 4. The molecule has 57 heavy (non-hydrogen) atoms. The Morgan fingerprint density at radius 2 is 0.807 bits per heavy atom. The van der Waals surface area contributed by atoms with Crippen LogP contribution in [0.25, 0.3) is 101 Å². The van der Waals surface area contributed by atoms with Crippen LogP contribution >= 0.6 is 0 Å². The Morgan fingerprint density at radius 3 is 1.40 bits per heavy atom. The first-order valence-electron chi connectivity index (χ1n) is 18.8. The topological polar surface area (TPSA) is 75.6 Å². The van der Waals surface area contributed by atoms with Gasteiger partial charge in [0.1, 0.15) is 11.2 Å². The molecule has 0 N–H and O–H groups in total. The van der Waals surface area contributed by atoms with Crippen molar-refractivity contribution in [3.8, 4) is 84.7 Å². The van der Waals surface area contributed by atoms with Gasteiger partial charge in [-0.15, -0.1) is 0 Å². The molecule has 0 spiro atoms. The van der Waals surface area contributed by atoms with Crippen LogP contribution in [0.4, 0.5) is 0 Å². The maximum atomic E-state index is 9.55. The van der Waals surface area contributed by atoms with E-state index in [2.05, 4.69) is 109 Å². The molecule has 0 fully saturated rings. The summed E-state index contributed by atoms with van der Waals surface area (Å²) in [7, 11) is 0. The third-order valence-electron chi connectivity index (χ3n) is 10.3. The van der Waals surface area contributed by atoms with Gasteiger partial charge in [-0.2, -0.15) is 5.26 Å². The highest BCUT2D eigenvalue weighted by molar-refractivity contribution is 6.13. The second-order valence-corrected chi connectivity index (χ2v) is 14.0. The van der Waals surface area contributed by atoms with Crippen molar-refractivity contribution in [3.63, 3.8) is 0 Å². The quantitative estimate of drug-likeness (QED) is 0.163. The Bertz CT molecular complexity index is 3140. The van der Waals surface area contributed by atoms with Gasteiger partial charge in [-0.05, 0) is 93.0 Å². The highest BCUT2D eigenvalue weighted by Gasteiger charge is 2.18. The van der Waals surface area contributed by atoms with Gasteiger partial charge in [0.15, 0.2) is 17.5 Å². The van der Waals surface area contributed by atoms with E-state index in [-0.39, 0.29) is 0 Å². The zero-order chi connectivity index (χ0) is 38.1. The van der Waals surface area contributed by atoms with E-state index in [1.54, 1.807) is 0 Å². The molecule has 0 bridgehead atoms. The highest BCUT2D eigenvalue weighted by Crippen LogP contribution is 2.39. The first-order chi connectivity index (χ1) is 28.2. The Kier molecular flexibility index (Phi) is 8.48. The molecule has 0 saturated heterocycles. The van der Waals surface area contributed by atoms with E-state index in [9.17, 15) is 5.26 Å². The Balaban J connectivity index is 1.11. The van der Waals surface area contributed by atoms with Gasteiger partial charge in [0.25, 0.3) is 0 Å². The minimum Gasteiger partial charge on any atom is -0.456 e. The van der Waals surface area contributed by atoms with Crippen molar-refractivity contribution < 1.29 is 4.42 Å². The largest absolute Gasteiger partial charge is 0.456 e. The number of benzene rings is 8. The van der Waals surface area contributed by atoms with Crippen molar-refractivity contribution in [2.24, 2.45) is 0 Å². The van der Waals surface area contributed by atoms with Crippen LogP contribution in [0.3, 0.4) is 0 Å². The maximum absolute atomic E-state index is 9.55. The summed E-state index contributed by atoms with van der Waals surface area (Å²) in [5, 5.41) is 11.6. The first-order valence-corrected chi connectivity index (χ1v) is 18.8. The van der Waals surface area contributed by atoms with Gasteiger partial charge in [-0.1, -0.05) is 146 Å². The molecule has 0 atom stereocenters. The van der Waals surface area contributed by atoms with Crippen LogP contribution in [-0.2, 0) is 0 Å². The number of rotatable bonds is 7. The van der Waals surface area contributed by atoms with Crippen molar-refractivity contribution in [2.45, 2.75) is 0 Å². The zero-order valence-electron chi connectivity index (χ0n) is 30.7. The van der Waals surface area contributed by atoms with E-state index < -0.39 is 0 Å². The molecule has 0 radical (unpaired) electrons. The molecule has 2 aromatic heterocycles. The number of aromatic nitrogens is 3. The monoisotopic (exact) mass is 728 g/mol. The standard InChI is InChI=1S/C52H32N4O/c53-33-34-12-7-17-37(28-34)40-20-10-23-43(31-40)51-54-50(42-22-9-19-39(30-42)36-15-5-2-6-16-36)55-52(56-51)44-26-27-46-48(32-44)57-47-25-11-24-45(49(46)47)41-21-8-18-38(29-41)35-13-3-1-4-14-35/h1-32H. The molecule has 0 amide bonds. The van der Waals surface area contributed by atoms with Gasteiger partial charge >= 0.3 is 0 Å². The fraction of sp³-hybridized carbons (Fsp3) is 0. The second kappa shape index (κ2) is 14.4. The average Bonchev–Trinajstić information content (AvgIpc) is 3.68. The van der Waals surface area contributed by atoms with Gasteiger partial charge in [-0.3, -0.25) is 0 Å². The summed E-state index contributed by atoms with van der Waals surface area (Å²) in [6.45, 7) is 0. The molecule has 0 aliphatic carbocycles. The minimum absolute atomic E-state index is 0.537. The Hall–Kier alpha value is -7.94. The lowest BCUT2D eigenvalue weighted by Gasteiger charge is -2.11. The number of nitriles is 1. The van der Waals surface area contributed by atoms with Crippen LogP contribution in [0.2, 0.25) is 0 Å². The molecule has 8 aromatic carbocycles. The van der Waals surface area contributed by atoms with E-state index in [4.69, 9.17) is 19.4 Å². The molecule has 0 aliphatic heterocycles. The first kappa shape index (κ1) is 33.6. The second-order valence-electron chi connectivity index (χ2n) is 14.0. The van der Waals surface area contributed by atoms with E-state index >= 15 is 0 Å². The fourth-order valence-corrected chi connectivity index (χ4v) is 7.54. The Labute approximate surface area is 329 Å². The van der Waals surface area contributed by atoms with Gasteiger partial charge in [-0.25, -0.2) is 15.0 Å². The normalized spacial score (nSPS) is 11.1. The summed E-state index contributed by atoms with van der Waals surface area (Å²) in [4.78, 5) is 15.3. The van der Waals surface area contributed by atoms with Crippen molar-refractivity contribution in [2.75, 3.05) is 0 Å². The fourth-order valence-electron chi connectivity index (χ4n) is 7.54. The zero-order valence-corrected chi connectivity index (χ0v) is 30.7. The maximum Gasteiger partial charge on any atom is 0.164 e. The summed E-state index contributed by atoms with van der Waals surface area (Å²) in [6, 6.07) is 68.1. The lowest BCUT2D eigenvalue weighted by atomic mass is 9.96. The summed E-state index contributed by atoms with van der Waals surface area (Å²) in [5.74, 6) is 1.65. The Morgan fingerprint density at radius 1 is 0.351 bits per heavy atom. The molecule has 0 unspecified atom stereocenters.